The van der Waals surface area contributed by atoms with Gasteiger partial charge in [-0.3, -0.25) is 0 Å². The first-order valence-corrected chi connectivity index (χ1v) is 8.26. The minimum atomic E-state index is -0.468. The van der Waals surface area contributed by atoms with E-state index >= 15 is 0 Å². The van der Waals surface area contributed by atoms with E-state index in [1.54, 1.807) is 20.8 Å². The standard InChI is InChI=1S/C18H18ClN3O3/c1-5-24-18(23)14-10(3)25-17-15(14)16(20-11(4)21-17)22-13-7-6-9(2)8-12(13)19/h6-8H,5H2,1-4H3,(H,20,21,22). The van der Waals surface area contributed by atoms with Crippen molar-refractivity contribution in [3.8, 4) is 0 Å². The number of hydrogen-bond donors (Lipinski definition) is 1. The van der Waals surface area contributed by atoms with E-state index in [1.165, 1.54) is 0 Å². The Labute approximate surface area is 150 Å². The van der Waals surface area contributed by atoms with Crippen LogP contribution < -0.4 is 5.32 Å². The number of benzene rings is 1. The van der Waals surface area contributed by atoms with Gasteiger partial charge in [-0.05, 0) is 45.4 Å². The lowest BCUT2D eigenvalue weighted by Gasteiger charge is -2.10. The Bertz CT molecular complexity index is 966. The fourth-order valence-electron chi connectivity index (χ4n) is 2.61. The average Bonchev–Trinajstić information content (AvgIpc) is 2.86. The molecule has 6 nitrogen and oxygen atoms in total. The van der Waals surface area contributed by atoms with Crippen molar-refractivity contribution in [1.29, 1.82) is 0 Å². The molecule has 130 valence electrons. The summed E-state index contributed by atoms with van der Waals surface area (Å²) in [6.45, 7) is 7.43. The molecule has 2 aromatic heterocycles. The molecule has 0 aliphatic carbocycles. The Kier molecular flexibility index (Phi) is 4.63. The Morgan fingerprint density at radius 3 is 2.72 bits per heavy atom. The predicted molar refractivity (Wildman–Crippen MR) is 96.7 cm³/mol. The second-order valence-electron chi connectivity index (χ2n) is 5.66. The van der Waals surface area contributed by atoms with Crippen molar-refractivity contribution >= 4 is 40.2 Å². The summed E-state index contributed by atoms with van der Waals surface area (Å²) in [5.74, 6) is 0.936. The predicted octanol–water partition coefficient (Wildman–Crippen LogP) is 4.72. The summed E-state index contributed by atoms with van der Waals surface area (Å²) >= 11 is 6.31. The molecule has 0 atom stereocenters. The molecular weight excluding hydrogens is 342 g/mol. The summed E-state index contributed by atoms with van der Waals surface area (Å²) in [5.41, 5.74) is 2.38. The Hall–Kier alpha value is -2.60. The van der Waals surface area contributed by atoms with Crippen molar-refractivity contribution in [2.75, 3.05) is 11.9 Å². The van der Waals surface area contributed by atoms with Crippen LogP contribution in [0.25, 0.3) is 11.1 Å². The quantitative estimate of drug-likeness (QED) is 0.679. The normalized spacial score (nSPS) is 10.9. The highest BCUT2D eigenvalue weighted by molar-refractivity contribution is 6.33. The zero-order chi connectivity index (χ0) is 18.1. The molecule has 3 aromatic rings. The molecule has 0 spiro atoms. The van der Waals surface area contributed by atoms with E-state index in [0.717, 1.165) is 5.56 Å². The van der Waals surface area contributed by atoms with Gasteiger partial charge in [0.1, 0.15) is 23.0 Å². The van der Waals surface area contributed by atoms with Gasteiger partial charge < -0.3 is 14.5 Å². The van der Waals surface area contributed by atoms with Gasteiger partial charge >= 0.3 is 5.97 Å². The summed E-state index contributed by atoms with van der Waals surface area (Å²) < 4.78 is 10.8. The molecule has 0 saturated carbocycles. The van der Waals surface area contributed by atoms with Crippen LogP contribution in [0.15, 0.2) is 22.6 Å². The number of nitrogens with one attached hydrogen (secondary N) is 1. The molecule has 0 amide bonds. The first-order valence-electron chi connectivity index (χ1n) is 7.88. The molecule has 0 saturated heterocycles. The van der Waals surface area contributed by atoms with Crippen LogP contribution in [-0.2, 0) is 4.74 Å². The van der Waals surface area contributed by atoms with Crippen molar-refractivity contribution in [3.63, 3.8) is 0 Å². The molecule has 0 bridgehead atoms. The first kappa shape index (κ1) is 17.2. The fourth-order valence-corrected chi connectivity index (χ4v) is 2.89. The van der Waals surface area contributed by atoms with Gasteiger partial charge in [0.15, 0.2) is 0 Å². The molecule has 0 fully saturated rings. The number of nitrogens with zero attached hydrogens (tertiary/aromatic N) is 2. The largest absolute Gasteiger partial charge is 0.462 e. The van der Waals surface area contributed by atoms with Crippen molar-refractivity contribution < 1.29 is 13.9 Å². The van der Waals surface area contributed by atoms with Gasteiger partial charge in [0.2, 0.25) is 5.71 Å². The number of aromatic nitrogens is 2. The zero-order valence-electron chi connectivity index (χ0n) is 14.4. The fraction of sp³-hybridized carbons (Fsp3) is 0.278. The van der Waals surface area contributed by atoms with Gasteiger partial charge in [-0.15, -0.1) is 0 Å². The molecule has 2 heterocycles. The SMILES string of the molecule is CCOC(=O)c1c(C)oc2nc(C)nc(Nc3ccc(C)cc3Cl)c12. The Morgan fingerprint density at radius 1 is 1.28 bits per heavy atom. The van der Waals surface area contributed by atoms with E-state index in [-0.39, 0.29) is 6.61 Å². The molecule has 1 aromatic carbocycles. The van der Waals surface area contributed by atoms with Crippen molar-refractivity contribution in [1.82, 2.24) is 9.97 Å². The molecular formula is C18H18ClN3O3. The van der Waals surface area contributed by atoms with E-state index in [1.807, 2.05) is 25.1 Å². The Morgan fingerprint density at radius 2 is 2.04 bits per heavy atom. The maximum absolute atomic E-state index is 12.4. The summed E-state index contributed by atoms with van der Waals surface area (Å²) in [6.07, 6.45) is 0. The van der Waals surface area contributed by atoms with Crippen molar-refractivity contribution in [2.24, 2.45) is 0 Å². The molecule has 0 unspecified atom stereocenters. The molecule has 0 radical (unpaired) electrons. The third kappa shape index (κ3) is 3.30. The van der Waals surface area contributed by atoms with Crippen LogP contribution in [0.1, 0.15) is 34.4 Å². The van der Waals surface area contributed by atoms with Crippen LogP contribution in [0.5, 0.6) is 0 Å². The summed E-state index contributed by atoms with van der Waals surface area (Å²) in [4.78, 5) is 21.1. The number of aryl methyl sites for hydroxylation is 3. The number of carbonyl (C=O) groups excluding carboxylic acids is 1. The van der Waals surface area contributed by atoms with Crippen LogP contribution in [0.4, 0.5) is 11.5 Å². The summed E-state index contributed by atoms with van der Waals surface area (Å²) in [7, 11) is 0. The van der Waals surface area contributed by atoms with E-state index in [4.69, 9.17) is 20.8 Å². The number of hydrogen-bond acceptors (Lipinski definition) is 6. The molecule has 7 heteroatoms. The van der Waals surface area contributed by atoms with Gasteiger partial charge in [-0.1, -0.05) is 17.7 Å². The maximum Gasteiger partial charge on any atom is 0.342 e. The lowest BCUT2D eigenvalue weighted by atomic mass is 10.1. The Balaban J connectivity index is 2.18. The van der Waals surface area contributed by atoms with Gasteiger partial charge in [0.25, 0.3) is 0 Å². The van der Waals surface area contributed by atoms with Crippen LogP contribution in [-0.4, -0.2) is 22.5 Å². The van der Waals surface area contributed by atoms with E-state index < -0.39 is 5.97 Å². The number of fused-ring (bicyclic) bond motifs is 1. The number of rotatable bonds is 4. The van der Waals surface area contributed by atoms with Crippen LogP contribution in [0, 0.1) is 20.8 Å². The second kappa shape index (κ2) is 6.72. The number of ether oxygens (including phenoxy) is 1. The molecule has 1 N–H and O–H groups in total. The van der Waals surface area contributed by atoms with Gasteiger partial charge in [0, 0.05) is 0 Å². The first-order chi connectivity index (χ1) is 11.9. The van der Waals surface area contributed by atoms with E-state index in [9.17, 15) is 4.79 Å². The van der Waals surface area contributed by atoms with Gasteiger partial charge in [-0.2, -0.15) is 4.98 Å². The van der Waals surface area contributed by atoms with Crippen LogP contribution >= 0.6 is 11.6 Å². The van der Waals surface area contributed by atoms with Crippen LogP contribution in [0.2, 0.25) is 5.02 Å². The van der Waals surface area contributed by atoms with Crippen molar-refractivity contribution in [2.45, 2.75) is 27.7 Å². The third-order valence-electron chi connectivity index (χ3n) is 3.70. The zero-order valence-corrected chi connectivity index (χ0v) is 15.2. The topological polar surface area (TPSA) is 77.2 Å². The van der Waals surface area contributed by atoms with Crippen LogP contribution in [0.3, 0.4) is 0 Å². The highest BCUT2D eigenvalue weighted by atomic mass is 35.5. The summed E-state index contributed by atoms with van der Waals surface area (Å²) in [6, 6.07) is 5.65. The van der Waals surface area contributed by atoms with E-state index in [2.05, 4.69) is 15.3 Å². The molecule has 0 aliphatic rings. The highest BCUT2D eigenvalue weighted by Gasteiger charge is 2.24. The minimum absolute atomic E-state index is 0.268. The number of anilines is 2. The minimum Gasteiger partial charge on any atom is -0.462 e. The molecule has 3 rings (SSSR count). The molecule has 25 heavy (non-hydrogen) atoms. The third-order valence-corrected chi connectivity index (χ3v) is 4.01. The second-order valence-corrected chi connectivity index (χ2v) is 6.07. The lowest BCUT2D eigenvalue weighted by molar-refractivity contribution is 0.0526. The number of carbonyl (C=O) groups is 1. The van der Waals surface area contributed by atoms with Gasteiger partial charge in [-0.25, -0.2) is 9.78 Å². The maximum atomic E-state index is 12.4. The smallest absolute Gasteiger partial charge is 0.342 e. The number of furan rings is 1. The lowest BCUT2D eigenvalue weighted by Crippen LogP contribution is -2.07. The van der Waals surface area contributed by atoms with Crippen molar-refractivity contribution in [3.05, 3.63) is 45.9 Å². The van der Waals surface area contributed by atoms with Gasteiger partial charge in [0.05, 0.1) is 22.7 Å². The average molecular weight is 360 g/mol. The highest BCUT2D eigenvalue weighted by Crippen LogP contribution is 2.34. The number of esters is 1. The molecule has 0 aliphatic heterocycles. The van der Waals surface area contributed by atoms with E-state index in [0.29, 0.717) is 44.8 Å². The summed E-state index contributed by atoms with van der Waals surface area (Å²) in [5, 5.41) is 4.23. The number of halogens is 1. The monoisotopic (exact) mass is 359 g/mol.